The normalized spacial score (nSPS) is 11.8. The lowest BCUT2D eigenvalue weighted by Gasteiger charge is -2.17. The van der Waals surface area contributed by atoms with Gasteiger partial charge in [-0.05, 0) is 62.6 Å². The molecule has 0 unspecified atom stereocenters. The summed E-state index contributed by atoms with van der Waals surface area (Å²) in [4.78, 5) is 45.9. The topological polar surface area (TPSA) is 154 Å². The minimum absolute atomic E-state index is 0.109. The van der Waals surface area contributed by atoms with Gasteiger partial charge in [0.15, 0.2) is 0 Å². The summed E-state index contributed by atoms with van der Waals surface area (Å²) in [6.07, 6.45) is 19.0. The Morgan fingerprint density at radius 3 is 1.81 bits per heavy atom. The van der Waals surface area contributed by atoms with E-state index in [4.69, 9.17) is 9.72 Å². The molecule has 4 rings (SSSR count). The summed E-state index contributed by atoms with van der Waals surface area (Å²) in [5.41, 5.74) is 5.41. The van der Waals surface area contributed by atoms with Crippen LogP contribution in [0, 0.1) is 0 Å². The van der Waals surface area contributed by atoms with Crippen molar-refractivity contribution in [3.05, 3.63) is 102 Å². The monoisotopic (exact) mass is 776 g/mol. The van der Waals surface area contributed by atoms with E-state index in [1.807, 2.05) is 69.3 Å². The van der Waals surface area contributed by atoms with Crippen LogP contribution in [0.5, 0.6) is 0 Å². The number of imidazole rings is 1. The van der Waals surface area contributed by atoms with Crippen molar-refractivity contribution in [3.63, 3.8) is 0 Å². The van der Waals surface area contributed by atoms with Gasteiger partial charge in [0.25, 0.3) is 5.91 Å². The first-order valence-electron chi connectivity index (χ1n) is 20.3. The van der Waals surface area contributed by atoms with Crippen LogP contribution >= 0.6 is 0 Å². The van der Waals surface area contributed by atoms with E-state index in [1.54, 1.807) is 42.5 Å². The molecule has 10 nitrogen and oxygen atoms in total. The van der Waals surface area contributed by atoms with Gasteiger partial charge in [0.1, 0.15) is 11.4 Å². The van der Waals surface area contributed by atoms with Crippen LogP contribution in [-0.4, -0.2) is 69.4 Å². The standard InChI is InChI=1S/C47H60N4O6/c1-5-6-7-8-9-10-11-12-13-14-31-48-41(54)29-19-34-15-21-36(22-16-34)43-44(37-25-27-39(28-26-37)46(56)49-40(32-52)33-53)51-45(50-43)38-23-17-35(18-24-38)20-30-42(55)57-47(2,3)4/h15-30,40,52-53H,5-14,31-33H2,1-4H3,(H,48,54)(H,49,56)(H,50,51). The summed E-state index contributed by atoms with van der Waals surface area (Å²) >= 11 is 0. The van der Waals surface area contributed by atoms with Gasteiger partial charge in [-0.3, -0.25) is 9.59 Å². The first-order chi connectivity index (χ1) is 27.5. The Morgan fingerprint density at radius 1 is 0.719 bits per heavy atom. The molecule has 0 bridgehead atoms. The van der Waals surface area contributed by atoms with E-state index >= 15 is 0 Å². The fraction of sp³-hybridized carbons (Fsp3) is 0.404. The van der Waals surface area contributed by atoms with E-state index in [2.05, 4.69) is 22.5 Å². The number of aliphatic hydroxyl groups is 2. The smallest absolute Gasteiger partial charge is 0.331 e. The molecule has 0 aliphatic rings. The molecular formula is C47H60N4O6. The highest BCUT2D eigenvalue weighted by molar-refractivity contribution is 5.95. The molecule has 2 amide bonds. The van der Waals surface area contributed by atoms with E-state index < -0.39 is 23.5 Å². The fourth-order valence-electron chi connectivity index (χ4n) is 6.19. The summed E-state index contributed by atoms with van der Waals surface area (Å²) in [6, 6.07) is 21.7. The van der Waals surface area contributed by atoms with Gasteiger partial charge in [-0.2, -0.15) is 0 Å². The third kappa shape index (κ3) is 15.3. The number of aromatic amines is 1. The number of benzene rings is 3. The third-order valence-corrected chi connectivity index (χ3v) is 9.36. The SMILES string of the molecule is CCCCCCCCCCCCNC(=O)C=Cc1ccc(-c2[nH]c(-c3ccc(C=CC(=O)OC(C)(C)C)cc3)nc2-c2ccc(C(=O)NC(CO)CO)cc2)cc1. The zero-order valence-corrected chi connectivity index (χ0v) is 34.0. The minimum atomic E-state index is -0.751. The Morgan fingerprint density at radius 2 is 1.25 bits per heavy atom. The van der Waals surface area contributed by atoms with Crippen LogP contribution in [0.25, 0.3) is 46.1 Å². The number of H-pyrrole nitrogens is 1. The Labute approximate surface area is 337 Å². The van der Waals surface area contributed by atoms with Crippen LogP contribution in [0.2, 0.25) is 0 Å². The highest BCUT2D eigenvalue weighted by Gasteiger charge is 2.18. The average Bonchev–Trinajstić information content (AvgIpc) is 3.66. The number of nitrogens with zero attached hydrogens (tertiary/aromatic N) is 1. The first-order valence-corrected chi connectivity index (χ1v) is 20.3. The molecular weight excluding hydrogens is 717 g/mol. The Bertz CT molecular complexity index is 1900. The second kappa shape index (κ2) is 23.0. The minimum Gasteiger partial charge on any atom is -0.457 e. The number of hydrogen-bond acceptors (Lipinski definition) is 7. The lowest BCUT2D eigenvalue weighted by molar-refractivity contribution is -0.148. The molecule has 0 saturated carbocycles. The molecule has 4 aromatic rings. The number of nitrogens with one attached hydrogen (secondary N) is 3. The Balaban J connectivity index is 1.45. The quantitative estimate of drug-likeness (QED) is 0.0304. The number of carbonyl (C=O) groups is 3. The van der Waals surface area contributed by atoms with Gasteiger partial charge in [-0.15, -0.1) is 0 Å². The molecule has 1 aromatic heterocycles. The Kier molecular flexibility index (Phi) is 17.9. The zero-order chi connectivity index (χ0) is 41.0. The van der Waals surface area contributed by atoms with Gasteiger partial charge < -0.3 is 30.6 Å². The van der Waals surface area contributed by atoms with Crippen molar-refractivity contribution in [2.24, 2.45) is 0 Å². The summed E-state index contributed by atoms with van der Waals surface area (Å²) < 4.78 is 5.37. The van der Waals surface area contributed by atoms with Gasteiger partial charge in [-0.1, -0.05) is 125 Å². The summed E-state index contributed by atoms with van der Waals surface area (Å²) in [6.45, 7) is 7.64. The molecule has 0 saturated heterocycles. The van der Waals surface area contributed by atoms with Crippen LogP contribution in [0.1, 0.15) is 113 Å². The van der Waals surface area contributed by atoms with Crippen molar-refractivity contribution >= 4 is 29.9 Å². The third-order valence-electron chi connectivity index (χ3n) is 9.36. The predicted octanol–water partition coefficient (Wildman–Crippen LogP) is 8.90. The van der Waals surface area contributed by atoms with E-state index in [0.29, 0.717) is 23.6 Å². The molecule has 57 heavy (non-hydrogen) atoms. The number of esters is 1. The van der Waals surface area contributed by atoms with Crippen LogP contribution in [0.3, 0.4) is 0 Å². The van der Waals surface area contributed by atoms with Crippen LogP contribution in [0.4, 0.5) is 0 Å². The van der Waals surface area contributed by atoms with Crippen LogP contribution < -0.4 is 10.6 Å². The van der Waals surface area contributed by atoms with Gasteiger partial charge in [-0.25, -0.2) is 9.78 Å². The average molecular weight is 777 g/mol. The van der Waals surface area contributed by atoms with Crippen molar-refractivity contribution in [3.8, 4) is 33.9 Å². The number of aromatic nitrogens is 2. The fourth-order valence-corrected chi connectivity index (χ4v) is 6.19. The summed E-state index contributed by atoms with van der Waals surface area (Å²) in [7, 11) is 0. The van der Waals surface area contributed by atoms with E-state index in [9.17, 15) is 24.6 Å². The zero-order valence-electron chi connectivity index (χ0n) is 34.0. The largest absolute Gasteiger partial charge is 0.457 e. The van der Waals surface area contributed by atoms with Gasteiger partial charge in [0.05, 0.1) is 30.6 Å². The Hall–Kier alpha value is -5.32. The number of amides is 2. The van der Waals surface area contributed by atoms with E-state index in [0.717, 1.165) is 46.4 Å². The molecule has 0 spiro atoms. The molecule has 0 radical (unpaired) electrons. The van der Waals surface area contributed by atoms with Crippen LogP contribution in [-0.2, 0) is 14.3 Å². The predicted molar refractivity (Wildman–Crippen MR) is 229 cm³/mol. The lowest BCUT2D eigenvalue weighted by atomic mass is 10.0. The number of hydrogen-bond donors (Lipinski definition) is 5. The van der Waals surface area contributed by atoms with Crippen molar-refractivity contribution < 1.29 is 29.3 Å². The van der Waals surface area contributed by atoms with Crippen molar-refractivity contribution in [1.82, 2.24) is 20.6 Å². The highest BCUT2D eigenvalue weighted by atomic mass is 16.6. The highest BCUT2D eigenvalue weighted by Crippen LogP contribution is 2.34. The molecule has 10 heteroatoms. The van der Waals surface area contributed by atoms with E-state index in [1.165, 1.54) is 57.4 Å². The molecule has 1 heterocycles. The molecule has 5 N–H and O–H groups in total. The molecule has 0 aliphatic heterocycles. The van der Waals surface area contributed by atoms with Crippen molar-refractivity contribution in [2.75, 3.05) is 19.8 Å². The number of ether oxygens (including phenoxy) is 1. The van der Waals surface area contributed by atoms with E-state index in [-0.39, 0.29) is 19.1 Å². The molecule has 3 aromatic carbocycles. The summed E-state index contributed by atoms with van der Waals surface area (Å²) in [5, 5.41) is 24.4. The number of rotatable bonds is 22. The molecule has 0 atom stereocenters. The second-order valence-corrected chi connectivity index (χ2v) is 15.3. The maximum absolute atomic E-state index is 12.7. The number of unbranched alkanes of at least 4 members (excludes halogenated alkanes) is 9. The number of carbonyl (C=O) groups excluding carboxylic acids is 3. The molecule has 0 aliphatic carbocycles. The van der Waals surface area contributed by atoms with Crippen LogP contribution in [0.15, 0.2) is 84.9 Å². The molecule has 304 valence electrons. The second-order valence-electron chi connectivity index (χ2n) is 15.3. The lowest BCUT2D eigenvalue weighted by Crippen LogP contribution is -2.40. The molecule has 0 fully saturated rings. The van der Waals surface area contributed by atoms with Gasteiger partial charge in [0, 0.05) is 41.0 Å². The van der Waals surface area contributed by atoms with Gasteiger partial charge >= 0.3 is 5.97 Å². The summed E-state index contributed by atoms with van der Waals surface area (Å²) in [5.74, 6) is -0.306. The first kappa shape index (κ1) is 44.4. The van der Waals surface area contributed by atoms with Crippen molar-refractivity contribution in [1.29, 1.82) is 0 Å². The van der Waals surface area contributed by atoms with Gasteiger partial charge in [0.2, 0.25) is 5.91 Å². The number of aliphatic hydroxyl groups excluding tert-OH is 2. The maximum Gasteiger partial charge on any atom is 0.331 e. The van der Waals surface area contributed by atoms with Crippen molar-refractivity contribution in [2.45, 2.75) is 104 Å². The maximum atomic E-state index is 12.7.